The summed E-state index contributed by atoms with van der Waals surface area (Å²) < 4.78 is 79.7. The maximum absolute atomic E-state index is 12.6. The Bertz CT molecular complexity index is 437. The van der Waals surface area contributed by atoms with Crippen molar-refractivity contribution < 1.29 is 31.1 Å². The van der Waals surface area contributed by atoms with E-state index in [0.717, 1.165) is 0 Å². The van der Waals surface area contributed by atoms with Crippen LogP contribution in [-0.4, -0.2) is 6.61 Å². The molecule has 1 aromatic carbocycles. The van der Waals surface area contributed by atoms with Gasteiger partial charge in [0.1, 0.15) is 5.75 Å². The predicted octanol–water partition coefficient (Wildman–Crippen LogP) is 4.73. The van der Waals surface area contributed by atoms with Crippen molar-refractivity contribution in [2.24, 2.45) is 0 Å². The van der Waals surface area contributed by atoms with Crippen molar-refractivity contribution in [2.45, 2.75) is 19.3 Å². The Morgan fingerprint density at radius 1 is 1.06 bits per heavy atom. The van der Waals surface area contributed by atoms with Crippen LogP contribution in [0.2, 0.25) is 0 Å². The van der Waals surface area contributed by atoms with Crippen molar-refractivity contribution in [2.75, 3.05) is 6.61 Å². The highest BCUT2D eigenvalue weighted by Crippen LogP contribution is 2.41. The highest BCUT2D eigenvalue weighted by Gasteiger charge is 2.39. The van der Waals surface area contributed by atoms with Gasteiger partial charge in [0, 0.05) is 0 Å². The van der Waals surface area contributed by atoms with E-state index in [0.29, 0.717) is 6.07 Å². The molecule has 0 saturated heterocycles. The number of alkyl halides is 6. The quantitative estimate of drug-likeness (QED) is 0.530. The van der Waals surface area contributed by atoms with Crippen LogP contribution in [0.4, 0.5) is 26.3 Å². The zero-order chi connectivity index (χ0) is 14.1. The molecule has 1 rings (SSSR count). The molecule has 0 unspecified atom stereocenters. The molecule has 0 N–H and O–H groups in total. The summed E-state index contributed by atoms with van der Waals surface area (Å²) in [6.07, 6.45) is -9.71. The SMILES string of the molecule is CCOc1cc(C(F)(F)F)cc(C(F)(F)F)c1I. The number of ether oxygens (including phenoxy) is 1. The molecule has 0 bridgehead atoms. The lowest BCUT2D eigenvalue weighted by Crippen LogP contribution is -2.14. The average molecular weight is 384 g/mol. The van der Waals surface area contributed by atoms with Crippen molar-refractivity contribution in [1.29, 1.82) is 0 Å². The summed E-state index contributed by atoms with van der Waals surface area (Å²) in [6.45, 7) is 1.46. The van der Waals surface area contributed by atoms with Gasteiger partial charge < -0.3 is 4.74 Å². The standard InChI is InChI=1S/C10H7F6IO/c1-2-18-7-4-5(9(11,12)13)3-6(8(7)17)10(14,15)16/h3-4H,2H2,1H3. The third-order valence-electron chi connectivity index (χ3n) is 1.97. The first-order valence-corrected chi connectivity index (χ1v) is 5.76. The molecular weight excluding hydrogens is 377 g/mol. The zero-order valence-electron chi connectivity index (χ0n) is 8.92. The lowest BCUT2D eigenvalue weighted by atomic mass is 10.1. The predicted molar refractivity (Wildman–Crippen MR) is 60.3 cm³/mol. The van der Waals surface area contributed by atoms with Crippen LogP contribution in [0.3, 0.4) is 0 Å². The lowest BCUT2D eigenvalue weighted by molar-refractivity contribution is -0.143. The summed E-state index contributed by atoms with van der Waals surface area (Å²) in [7, 11) is 0. The molecule has 8 heteroatoms. The van der Waals surface area contributed by atoms with E-state index in [-0.39, 0.29) is 16.2 Å². The van der Waals surface area contributed by atoms with Crippen LogP contribution >= 0.6 is 22.6 Å². The molecule has 0 spiro atoms. The third-order valence-corrected chi connectivity index (χ3v) is 3.08. The second-order valence-corrected chi connectivity index (χ2v) is 4.34. The van der Waals surface area contributed by atoms with Gasteiger partial charge in [-0.15, -0.1) is 0 Å². The van der Waals surface area contributed by atoms with E-state index in [2.05, 4.69) is 0 Å². The van der Waals surface area contributed by atoms with Crippen LogP contribution in [0.5, 0.6) is 5.75 Å². The van der Waals surface area contributed by atoms with E-state index in [1.54, 1.807) is 0 Å². The molecule has 0 aliphatic heterocycles. The van der Waals surface area contributed by atoms with Gasteiger partial charge in [-0.2, -0.15) is 26.3 Å². The molecule has 18 heavy (non-hydrogen) atoms. The van der Waals surface area contributed by atoms with Crippen molar-refractivity contribution >= 4 is 22.6 Å². The summed E-state index contributed by atoms with van der Waals surface area (Å²) >= 11 is 1.32. The fraction of sp³-hybridized carbons (Fsp3) is 0.400. The maximum atomic E-state index is 12.6. The number of hydrogen-bond acceptors (Lipinski definition) is 1. The summed E-state index contributed by atoms with van der Waals surface area (Å²) in [5.74, 6) is -0.416. The highest BCUT2D eigenvalue weighted by molar-refractivity contribution is 14.1. The Morgan fingerprint density at radius 2 is 1.61 bits per heavy atom. The number of rotatable bonds is 2. The molecule has 0 fully saturated rings. The Kier molecular flexibility index (Phi) is 4.39. The Balaban J connectivity index is 3.47. The van der Waals surface area contributed by atoms with Crippen LogP contribution in [0.1, 0.15) is 18.1 Å². The van der Waals surface area contributed by atoms with Gasteiger partial charge in [0.15, 0.2) is 0 Å². The summed E-state index contributed by atoms with van der Waals surface area (Å²) in [6, 6.07) is 0.658. The van der Waals surface area contributed by atoms with Gasteiger partial charge in [0.2, 0.25) is 0 Å². The van der Waals surface area contributed by atoms with Crippen LogP contribution in [0.15, 0.2) is 12.1 Å². The van der Waals surface area contributed by atoms with Crippen LogP contribution in [-0.2, 0) is 12.4 Å². The van der Waals surface area contributed by atoms with Gasteiger partial charge in [-0.05, 0) is 41.6 Å². The fourth-order valence-corrected chi connectivity index (χ4v) is 2.00. The molecule has 0 amide bonds. The molecular formula is C10H7F6IO. The van der Waals surface area contributed by atoms with Crippen molar-refractivity contribution in [3.05, 3.63) is 26.8 Å². The van der Waals surface area contributed by atoms with E-state index in [4.69, 9.17) is 4.74 Å². The number of benzene rings is 1. The number of halogens is 7. The molecule has 0 aliphatic rings. The Morgan fingerprint density at radius 3 is 2.00 bits per heavy atom. The Hall–Kier alpha value is -0.670. The fourth-order valence-electron chi connectivity index (χ4n) is 1.23. The van der Waals surface area contributed by atoms with E-state index < -0.39 is 29.2 Å². The van der Waals surface area contributed by atoms with E-state index in [1.165, 1.54) is 29.5 Å². The monoisotopic (exact) mass is 384 g/mol. The molecule has 0 atom stereocenters. The first-order chi connectivity index (χ1) is 8.07. The topological polar surface area (TPSA) is 9.23 Å². The molecule has 1 nitrogen and oxygen atoms in total. The van der Waals surface area contributed by atoms with Crippen LogP contribution in [0, 0.1) is 3.57 Å². The van der Waals surface area contributed by atoms with Crippen molar-refractivity contribution in [3.8, 4) is 5.75 Å². The van der Waals surface area contributed by atoms with E-state index in [9.17, 15) is 26.3 Å². The zero-order valence-corrected chi connectivity index (χ0v) is 11.1. The minimum atomic E-state index is -4.86. The molecule has 0 saturated carbocycles. The summed E-state index contributed by atoms with van der Waals surface area (Å²) in [5, 5.41) is 0. The molecule has 0 aliphatic carbocycles. The van der Waals surface area contributed by atoms with Gasteiger partial charge in [-0.3, -0.25) is 0 Å². The van der Waals surface area contributed by atoms with Crippen LogP contribution in [0.25, 0.3) is 0 Å². The molecule has 0 radical (unpaired) electrons. The summed E-state index contributed by atoms with van der Waals surface area (Å²) in [5.41, 5.74) is -2.72. The second kappa shape index (κ2) is 5.14. The van der Waals surface area contributed by atoms with Gasteiger partial charge in [-0.25, -0.2) is 0 Å². The normalized spacial score (nSPS) is 12.7. The van der Waals surface area contributed by atoms with Crippen LogP contribution < -0.4 is 4.74 Å². The lowest BCUT2D eigenvalue weighted by Gasteiger charge is -2.16. The smallest absolute Gasteiger partial charge is 0.417 e. The minimum Gasteiger partial charge on any atom is -0.493 e. The Labute approximate surface area is 112 Å². The number of hydrogen-bond donors (Lipinski definition) is 0. The first kappa shape index (κ1) is 15.4. The summed E-state index contributed by atoms with van der Waals surface area (Å²) in [4.78, 5) is 0. The van der Waals surface area contributed by atoms with Gasteiger partial charge in [0.05, 0.1) is 21.3 Å². The average Bonchev–Trinajstić information content (AvgIpc) is 2.17. The third kappa shape index (κ3) is 3.42. The molecule has 102 valence electrons. The first-order valence-electron chi connectivity index (χ1n) is 4.68. The highest BCUT2D eigenvalue weighted by atomic mass is 127. The van der Waals surface area contributed by atoms with E-state index >= 15 is 0 Å². The molecule has 0 aromatic heterocycles. The van der Waals surface area contributed by atoms with Gasteiger partial charge >= 0.3 is 12.4 Å². The van der Waals surface area contributed by atoms with Gasteiger partial charge in [-0.1, -0.05) is 0 Å². The largest absolute Gasteiger partial charge is 0.493 e. The van der Waals surface area contributed by atoms with Crippen molar-refractivity contribution in [1.82, 2.24) is 0 Å². The maximum Gasteiger partial charge on any atom is 0.417 e. The van der Waals surface area contributed by atoms with Crippen molar-refractivity contribution in [3.63, 3.8) is 0 Å². The van der Waals surface area contributed by atoms with E-state index in [1.807, 2.05) is 0 Å². The minimum absolute atomic E-state index is 0.0192. The molecule has 1 aromatic rings. The van der Waals surface area contributed by atoms with Gasteiger partial charge in [0.25, 0.3) is 0 Å². The second-order valence-electron chi connectivity index (χ2n) is 3.26. The molecule has 0 heterocycles.